The Bertz CT molecular complexity index is 850. The maximum atomic E-state index is 12.8. The first kappa shape index (κ1) is 23.4. The third-order valence-electron chi connectivity index (χ3n) is 5.71. The van der Waals surface area contributed by atoms with Gasteiger partial charge < -0.3 is 15.4 Å². The highest BCUT2D eigenvalue weighted by atomic mass is 35.5. The number of para-hydroxylation sites is 2. The van der Waals surface area contributed by atoms with E-state index in [9.17, 15) is 9.59 Å². The number of imidazole rings is 1. The number of carbonyl (C=O) groups is 1. The van der Waals surface area contributed by atoms with Crippen molar-refractivity contribution in [2.45, 2.75) is 45.7 Å². The molecule has 1 saturated heterocycles. The molecular formula is C21H33ClN4O3. The highest BCUT2D eigenvalue weighted by Crippen LogP contribution is 2.28. The van der Waals surface area contributed by atoms with Gasteiger partial charge in [0.15, 0.2) is 0 Å². The fourth-order valence-corrected chi connectivity index (χ4v) is 4.15. The minimum atomic E-state index is -0.0370. The Morgan fingerprint density at radius 3 is 2.38 bits per heavy atom. The number of piperidine rings is 1. The van der Waals surface area contributed by atoms with Gasteiger partial charge in [0.25, 0.3) is 0 Å². The summed E-state index contributed by atoms with van der Waals surface area (Å²) in [7, 11) is 1.71. The zero-order valence-electron chi connectivity index (χ0n) is 17.4. The normalized spacial score (nSPS) is 15.8. The van der Waals surface area contributed by atoms with Crippen LogP contribution in [0.4, 0.5) is 0 Å². The van der Waals surface area contributed by atoms with Gasteiger partial charge in [0.2, 0.25) is 5.91 Å². The number of rotatable bonds is 9. The summed E-state index contributed by atoms with van der Waals surface area (Å²) in [6, 6.07) is 7.79. The molecule has 2 N–H and O–H groups in total. The molecule has 2 aromatic rings. The highest BCUT2D eigenvalue weighted by molar-refractivity contribution is 5.85. The monoisotopic (exact) mass is 424 g/mol. The zero-order valence-corrected chi connectivity index (χ0v) is 18.2. The van der Waals surface area contributed by atoms with E-state index < -0.39 is 0 Å². The predicted molar refractivity (Wildman–Crippen MR) is 118 cm³/mol. The predicted octanol–water partition coefficient (Wildman–Crippen LogP) is 2.16. The van der Waals surface area contributed by atoms with Crippen molar-refractivity contribution < 1.29 is 9.53 Å². The van der Waals surface area contributed by atoms with Crippen molar-refractivity contribution in [1.29, 1.82) is 0 Å². The standard InChI is InChI=1S/C21H32N4O3.ClH/c1-3-13-24-17-6-4-5-7-18(17)25(20(24)27)14-8-19(26)23-15-21(16-28-2)9-11-22-12-10-21;/h4-7,22H,3,8-16H2,1-2H3,(H,23,26);1H. The largest absolute Gasteiger partial charge is 0.384 e. The van der Waals surface area contributed by atoms with Crippen LogP contribution in [0.3, 0.4) is 0 Å². The van der Waals surface area contributed by atoms with Crippen LogP contribution in [0.15, 0.2) is 29.1 Å². The molecule has 0 spiro atoms. The summed E-state index contributed by atoms with van der Waals surface area (Å²) >= 11 is 0. The quantitative estimate of drug-likeness (QED) is 0.646. The van der Waals surface area contributed by atoms with Crippen molar-refractivity contribution in [1.82, 2.24) is 19.8 Å². The van der Waals surface area contributed by atoms with Gasteiger partial charge in [-0.1, -0.05) is 19.1 Å². The molecule has 29 heavy (non-hydrogen) atoms. The summed E-state index contributed by atoms with van der Waals surface area (Å²) in [5, 5.41) is 6.44. The second-order valence-corrected chi connectivity index (χ2v) is 7.78. The molecule has 1 fully saturated rings. The number of ether oxygens (including phenoxy) is 1. The van der Waals surface area contributed by atoms with E-state index in [1.165, 1.54) is 0 Å². The van der Waals surface area contributed by atoms with Crippen molar-refractivity contribution in [2.24, 2.45) is 5.41 Å². The van der Waals surface area contributed by atoms with E-state index >= 15 is 0 Å². The number of aromatic nitrogens is 2. The molecule has 8 heteroatoms. The fraction of sp³-hybridized carbons (Fsp3) is 0.619. The van der Waals surface area contributed by atoms with Crippen LogP contribution in [0.2, 0.25) is 0 Å². The molecule has 1 aliphatic rings. The number of amides is 1. The lowest BCUT2D eigenvalue weighted by Crippen LogP contribution is -2.47. The highest BCUT2D eigenvalue weighted by Gasteiger charge is 2.32. The number of aryl methyl sites for hydroxylation is 2. The maximum Gasteiger partial charge on any atom is 0.329 e. The molecule has 7 nitrogen and oxygen atoms in total. The van der Waals surface area contributed by atoms with E-state index in [1.807, 2.05) is 24.3 Å². The molecule has 0 atom stereocenters. The zero-order chi connectivity index (χ0) is 20.0. The van der Waals surface area contributed by atoms with Crippen LogP contribution in [0.5, 0.6) is 0 Å². The minimum Gasteiger partial charge on any atom is -0.384 e. The van der Waals surface area contributed by atoms with Gasteiger partial charge in [-0.15, -0.1) is 12.4 Å². The summed E-state index contributed by atoms with van der Waals surface area (Å²) in [5.74, 6) is -0.0202. The Morgan fingerprint density at radius 1 is 1.17 bits per heavy atom. The number of halogens is 1. The molecule has 0 radical (unpaired) electrons. The molecule has 3 rings (SSSR count). The molecule has 1 aromatic heterocycles. The number of benzene rings is 1. The average Bonchev–Trinajstić information content (AvgIpc) is 2.98. The third-order valence-corrected chi connectivity index (χ3v) is 5.71. The van der Waals surface area contributed by atoms with Crippen molar-refractivity contribution in [3.63, 3.8) is 0 Å². The summed E-state index contributed by atoms with van der Waals surface area (Å²) < 4.78 is 8.93. The van der Waals surface area contributed by atoms with Crippen molar-refractivity contribution in [3.05, 3.63) is 34.7 Å². The number of fused-ring (bicyclic) bond motifs is 1. The van der Waals surface area contributed by atoms with Gasteiger partial charge in [0, 0.05) is 38.6 Å². The topological polar surface area (TPSA) is 77.3 Å². The minimum absolute atomic E-state index is 0. The number of methoxy groups -OCH3 is 1. The van der Waals surface area contributed by atoms with Crippen LogP contribution in [-0.2, 0) is 22.6 Å². The van der Waals surface area contributed by atoms with Crippen LogP contribution in [0, 0.1) is 5.41 Å². The van der Waals surface area contributed by atoms with E-state index in [-0.39, 0.29) is 29.4 Å². The molecule has 0 bridgehead atoms. The number of nitrogens with one attached hydrogen (secondary N) is 2. The van der Waals surface area contributed by atoms with Gasteiger partial charge in [-0.3, -0.25) is 13.9 Å². The average molecular weight is 425 g/mol. The van der Waals surface area contributed by atoms with E-state index in [0.29, 0.717) is 32.7 Å². The maximum absolute atomic E-state index is 12.8. The van der Waals surface area contributed by atoms with Crippen molar-refractivity contribution in [3.8, 4) is 0 Å². The molecule has 1 aromatic carbocycles. The Balaban J connectivity index is 0.00000300. The molecule has 0 saturated carbocycles. The fourth-order valence-electron chi connectivity index (χ4n) is 4.15. The SMILES string of the molecule is CCCn1c(=O)n(CCC(=O)NCC2(COC)CCNCC2)c2ccccc21.Cl. The summed E-state index contributed by atoms with van der Waals surface area (Å²) in [6.07, 6.45) is 3.17. The Labute approximate surface area is 178 Å². The van der Waals surface area contributed by atoms with Gasteiger partial charge >= 0.3 is 5.69 Å². The molecule has 1 amide bonds. The number of nitrogens with zero attached hydrogens (tertiary/aromatic N) is 2. The van der Waals surface area contributed by atoms with E-state index in [2.05, 4.69) is 17.6 Å². The van der Waals surface area contributed by atoms with Crippen molar-refractivity contribution >= 4 is 29.3 Å². The van der Waals surface area contributed by atoms with E-state index in [4.69, 9.17) is 4.74 Å². The Hall–Kier alpha value is -1.83. The van der Waals surface area contributed by atoms with Crippen LogP contribution in [-0.4, -0.2) is 48.4 Å². The van der Waals surface area contributed by atoms with Gasteiger partial charge in [-0.05, 0) is 44.5 Å². The van der Waals surface area contributed by atoms with Gasteiger partial charge in [-0.25, -0.2) is 4.79 Å². The smallest absolute Gasteiger partial charge is 0.329 e. The summed E-state index contributed by atoms with van der Waals surface area (Å²) in [5.41, 5.74) is 1.79. The number of hydrogen-bond donors (Lipinski definition) is 2. The van der Waals surface area contributed by atoms with Crippen LogP contribution in [0.25, 0.3) is 11.0 Å². The van der Waals surface area contributed by atoms with Crippen molar-refractivity contribution in [2.75, 3.05) is 33.4 Å². The van der Waals surface area contributed by atoms with Crippen LogP contribution >= 0.6 is 12.4 Å². The molecular weight excluding hydrogens is 392 g/mol. The first-order valence-electron chi connectivity index (χ1n) is 10.2. The molecule has 2 heterocycles. The van der Waals surface area contributed by atoms with Gasteiger partial charge in [0.05, 0.1) is 17.6 Å². The summed E-state index contributed by atoms with van der Waals surface area (Å²) in [4.78, 5) is 25.3. The molecule has 0 unspecified atom stereocenters. The third kappa shape index (κ3) is 5.41. The first-order valence-corrected chi connectivity index (χ1v) is 10.2. The second kappa shape index (κ2) is 10.8. The number of carbonyl (C=O) groups excluding carboxylic acids is 1. The first-order chi connectivity index (χ1) is 13.6. The molecule has 1 aliphatic heterocycles. The second-order valence-electron chi connectivity index (χ2n) is 7.78. The van der Waals surface area contributed by atoms with Gasteiger partial charge in [-0.2, -0.15) is 0 Å². The molecule has 162 valence electrons. The lowest BCUT2D eigenvalue weighted by molar-refractivity contribution is -0.122. The lowest BCUT2D eigenvalue weighted by Gasteiger charge is -2.37. The van der Waals surface area contributed by atoms with Gasteiger partial charge in [0.1, 0.15) is 0 Å². The van der Waals surface area contributed by atoms with E-state index in [1.54, 1.807) is 16.2 Å². The summed E-state index contributed by atoms with van der Waals surface area (Å²) in [6.45, 7) is 6.30. The van der Waals surface area contributed by atoms with E-state index in [0.717, 1.165) is 43.4 Å². The Morgan fingerprint density at radius 2 is 1.79 bits per heavy atom. The van der Waals surface area contributed by atoms with Crippen LogP contribution < -0.4 is 16.3 Å². The van der Waals surface area contributed by atoms with Crippen LogP contribution in [0.1, 0.15) is 32.6 Å². The molecule has 0 aliphatic carbocycles. The lowest BCUT2D eigenvalue weighted by atomic mass is 9.79. The number of hydrogen-bond acceptors (Lipinski definition) is 4. The Kier molecular flexibility index (Phi) is 8.74.